The second kappa shape index (κ2) is 7.61. The number of anilines is 1. The van der Waals surface area contributed by atoms with Crippen molar-refractivity contribution in [3.8, 4) is 0 Å². The van der Waals surface area contributed by atoms with Gasteiger partial charge in [0.05, 0.1) is 5.02 Å². The fourth-order valence-corrected chi connectivity index (χ4v) is 2.76. The minimum absolute atomic E-state index is 0.199. The molecule has 0 aliphatic carbocycles. The number of amides is 1. The highest BCUT2D eigenvalue weighted by Gasteiger charge is 2.22. The molecule has 6 heteroatoms. The third kappa shape index (κ3) is 4.32. The maximum atomic E-state index is 12.2. The van der Waals surface area contributed by atoms with Gasteiger partial charge in [-0.15, -0.1) is 0 Å². The van der Waals surface area contributed by atoms with Gasteiger partial charge in [-0.3, -0.25) is 4.79 Å². The number of hydrogen-bond donors (Lipinski definition) is 2. The van der Waals surface area contributed by atoms with E-state index in [2.05, 4.69) is 27.4 Å². The van der Waals surface area contributed by atoms with Crippen molar-refractivity contribution in [3.05, 3.63) is 22.8 Å². The van der Waals surface area contributed by atoms with Gasteiger partial charge in [0, 0.05) is 19.6 Å². The van der Waals surface area contributed by atoms with Crippen molar-refractivity contribution in [2.45, 2.75) is 20.3 Å². The van der Waals surface area contributed by atoms with E-state index in [1.165, 1.54) is 0 Å². The zero-order chi connectivity index (χ0) is 15.2. The van der Waals surface area contributed by atoms with Gasteiger partial charge >= 0.3 is 0 Å². The second-order valence-electron chi connectivity index (χ2n) is 5.32. The highest BCUT2D eigenvalue weighted by molar-refractivity contribution is 6.33. The number of carbonyl (C=O) groups is 1. The number of rotatable bonds is 6. The normalized spacial score (nSPS) is 18.7. The first kappa shape index (κ1) is 16.0. The van der Waals surface area contributed by atoms with Gasteiger partial charge in [0.15, 0.2) is 0 Å². The number of likely N-dealkylation sites (tertiary alicyclic amines) is 1. The van der Waals surface area contributed by atoms with E-state index in [9.17, 15) is 4.79 Å². The molecular weight excluding hydrogens is 288 g/mol. The van der Waals surface area contributed by atoms with Crippen LogP contribution in [0.5, 0.6) is 0 Å². The second-order valence-corrected chi connectivity index (χ2v) is 5.72. The smallest absolute Gasteiger partial charge is 0.271 e. The van der Waals surface area contributed by atoms with Crippen LogP contribution in [0, 0.1) is 5.92 Å². The molecule has 1 saturated heterocycles. The number of aromatic nitrogens is 1. The minimum atomic E-state index is -0.199. The topological polar surface area (TPSA) is 57.3 Å². The van der Waals surface area contributed by atoms with Crippen LogP contribution < -0.4 is 10.6 Å². The monoisotopic (exact) mass is 310 g/mol. The first-order valence-electron chi connectivity index (χ1n) is 7.55. The van der Waals surface area contributed by atoms with Crippen LogP contribution in [-0.2, 0) is 0 Å². The molecule has 1 aliphatic rings. The lowest BCUT2D eigenvalue weighted by atomic mass is 10.1. The Morgan fingerprint density at radius 1 is 1.48 bits per heavy atom. The van der Waals surface area contributed by atoms with Crippen LogP contribution in [0.3, 0.4) is 0 Å². The lowest BCUT2D eigenvalue weighted by Crippen LogP contribution is -2.31. The van der Waals surface area contributed by atoms with Crippen molar-refractivity contribution in [3.63, 3.8) is 0 Å². The van der Waals surface area contributed by atoms with Gasteiger partial charge in [0.2, 0.25) is 0 Å². The minimum Gasteiger partial charge on any atom is -0.370 e. The lowest BCUT2D eigenvalue weighted by molar-refractivity contribution is 0.0942. The Labute approximate surface area is 131 Å². The summed E-state index contributed by atoms with van der Waals surface area (Å²) in [4.78, 5) is 18.9. The summed E-state index contributed by atoms with van der Waals surface area (Å²) in [6.07, 6.45) is 1.13. The molecule has 5 nitrogen and oxygen atoms in total. The number of nitrogens with one attached hydrogen (secondary N) is 2. The average molecular weight is 311 g/mol. The van der Waals surface area contributed by atoms with Crippen LogP contribution in [0.2, 0.25) is 5.02 Å². The summed E-state index contributed by atoms with van der Waals surface area (Å²) in [6, 6.07) is 3.48. The molecule has 1 amide bonds. The van der Waals surface area contributed by atoms with Gasteiger partial charge in [0.1, 0.15) is 11.5 Å². The van der Waals surface area contributed by atoms with Crippen molar-refractivity contribution in [2.24, 2.45) is 5.92 Å². The summed E-state index contributed by atoms with van der Waals surface area (Å²) in [6.45, 7) is 8.82. The molecule has 0 spiro atoms. The molecule has 0 bridgehead atoms. The van der Waals surface area contributed by atoms with Crippen molar-refractivity contribution in [1.82, 2.24) is 15.2 Å². The van der Waals surface area contributed by atoms with E-state index in [0.29, 0.717) is 29.0 Å². The summed E-state index contributed by atoms with van der Waals surface area (Å²) in [7, 11) is 0. The number of carbonyl (C=O) groups excluding carboxylic acids is 1. The molecule has 1 unspecified atom stereocenters. The van der Waals surface area contributed by atoms with Gasteiger partial charge in [-0.25, -0.2) is 4.98 Å². The van der Waals surface area contributed by atoms with Crippen LogP contribution in [0.1, 0.15) is 30.8 Å². The molecular formula is C15H23ClN4O. The largest absolute Gasteiger partial charge is 0.370 e. The Kier molecular flexibility index (Phi) is 5.82. The third-order valence-electron chi connectivity index (χ3n) is 3.79. The summed E-state index contributed by atoms with van der Waals surface area (Å²) in [5.41, 5.74) is 0.292. The Hall–Kier alpha value is -1.33. The summed E-state index contributed by atoms with van der Waals surface area (Å²) < 4.78 is 0. The zero-order valence-corrected chi connectivity index (χ0v) is 13.4. The Bertz CT molecular complexity index is 495. The molecule has 21 heavy (non-hydrogen) atoms. The van der Waals surface area contributed by atoms with Crippen LogP contribution in [0.25, 0.3) is 0 Å². The van der Waals surface area contributed by atoms with Gasteiger partial charge in [0.25, 0.3) is 5.91 Å². The van der Waals surface area contributed by atoms with Gasteiger partial charge in [-0.2, -0.15) is 0 Å². The maximum absolute atomic E-state index is 12.2. The Balaban J connectivity index is 1.92. The fraction of sp³-hybridized carbons (Fsp3) is 0.600. The zero-order valence-electron chi connectivity index (χ0n) is 12.7. The summed E-state index contributed by atoms with van der Waals surface area (Å²) in [5.74, 6) is 0.990. The molecule has 1 aromatic heterocycles. The van der Waals surface area contributed by atoms with Crippen molar-refractivity contribution >= 4 is 23.3 Å². The van der Waals surface area contributed by atoms with E-state index >= 15 is 0 Å². The van der Waals surface area contributed by atoms with Crippen LogP contribution >= 0.6 is 11.6 Å². The maximum Gasteiger partial charge on any atom is 0.271 e. The van der Waals surface area contributed by atoms with Crippen LogP contribution in [-0.4, -0.2) is 48.5 Å². The standard InChI is InChI=1S/C15H23ClN4O/c1-3-17-13-6-5-12(16)14(19-13)15(21)18-9-11-7-8-20(4-2)10-11/h5-6,11H,3-4,7-10H2,1-2H3,(H,17,19)(H,18,21). The summed E-state index contributed by atoms with van der Waals surface area (Å²) in [5, 5.41) is 6.42. The number of halogens is 1. The van der Waals surface area contributed by atoms with Gasteiger partial charge in [-0.1, -0.05) is 18.5 Å². The average Bonchev–Trinajstić information content (AvgIpc) is 2.95. The van der Waals surface area contributed by atoms with E-state index in [-0.39, 0.29) is 5.91 Å². The fourth-order valence-electron chi connectivity index (χ4n) is 2.57. The molecule has 0 saturated carbocycles. The molecule has 1 aromatic rings. The predicted octanol–water partition coefficient (Wildman–Crippen LogP) is 2.24. The van der Waals surface area contributed by atoms with E-state index in [1.54, 1.807) is 12.1 Å². The molecule has 1 aliphatic heterocycles. The molecule has 2 heterocycles. The predicted molar refractivity (Wildman–Crippen MR) is 86.0 cm³/mol. The highest BCUT2D eigenvalue weighted by Crippen LogP contribution is 2.18. The quantitative estimate of drug-likeness (QED) is 0.846. The molecule has 0 aromatic carbocycles. The Morgan fingerprint density at radius 3 is 2.95 bits per heavy atom. The number of nitrogens with zero attached hydrogens (tertiary/aromatic N) is 2. The van der Waals surface area contributed by atoms with Crippen molar-refractivity contribution in [1.29, 1.82) is 0 Å². The van der Waals surface area contributed by atoms with E-state index in [0.717, 1.165) is 32.6 Å². The van der Waals surface area contributed by atoms with Crippen LogP contribution in [0.15, 0.2) is 12.1 Å². The van der Waals surface area contributed by atoms with Gasteiger partial charge in [-0.05, 0) is 44.5 Å². The van der Waals surface area contributed by atoms with E-state index in [1.807, 2.05) is 6.92 Å². The Morgan fingerprint density at radius 2 is 2.29 bits per heavy atom. The van der Waals surface area contributed by atoms with Crippen LogP contribution in [0.4, 0.5) is 5.82 Å². The van der Waals surface area contributed by atoms with Crippen molar-refractivity contribution < 1.29 is 4.79 Å². The molecule has 2 rings (SSSR count). The highest BCUT2D eigenvalue weighted by atomic mass is 35.5. The first-order valence-corrected chi connectivity index (χ1v) is 7.92. The number of hydrogen-bond acceptors (Lipinski definition) is 4. The lowest BCUT2D eigenvalue weighted by Gasteiger charge is -2.14. The van der Waals surface area contributed by atoms with Crippen molar-refractivity contribution in [2.75, 3.05) is 38.0 Å². The number of pyridine rings is 1. The molecule has 2 N–H and O–H groups in total. The molecule has 1 fully saturated rings. The molecule has 1 atom stereocenters. The van der Waals surface area contributed by atoms with E-state index in [4.69, 9.17) is 11.6 Å². The van der Waals surface area contributed by atoms with E-state index < -0.39 is 0 Å². The first-order chi connectivity index (χ1) is 10.1. The third-order valence-corrected chi connectivity index (χ3v) is 4.09. The molecule has 116 valence electrons. The van der Waals surface area contributed by atoms with Gasteiger partial charge < -0.3 is 15.5 Å². The molecule has 0 radical (unpaired) electrons. The SMILES string of the molecule is CCNc1ccc(Cl)c(C(=O)NCC2CCN(CC)C2)n1. The summed E-state index contributed by atoms with van der Waals surface area (Å²) >= 11 is 6.07.